The van der Waals surface area contributed by atoms with Gasteiger partial charge in [-0.1, -0.05) is 28.7 Å². The van der Waals surface area contributed by atoms with E-state index in [0.717, 1.165) is 4.88 Å². The minimum absolute atomic E-state index is 0.00308. The van der Waals surface area contributed by atoms with E-state index in [4.69, 9.17) is 4.74 Å². The van der Waals surface area contributed by atoms with Gasteiger partial charge in [0.2, 0.25) is 5.91 Å². The number of carboxylic acid groups (broad SMARTS) is 1. The molecule has 0 spiro atoms. The fourth-order valence-electron chi connectivity index (χ4n) is 2.87. The van der Waals surface area contributed by atoms with Gasteiger partial charge in [0.25, 0.3) is 11.6 Å². The molecule has 3 heterocycles. The lowest BCUT2D eigenvalue weighted by Gasteiger charge is -2.55. The number of hydrogen-bond acceptors (Lipinski definition) is 6. The van der Waals surface area contributed by atoms with E-state index in [9.17, 15) is 19.5 Å². The molecule has 0 radical (unpaired) electrons. The monoisotopic (exact) mass is 494 g/mol. The van der Waals surface area contributed by atoms with Crippen LogP contribution in [0.1, 0.15) is 4.88 Å². The molecule has 2 aliphatic rings. The van der Waals surface area contributed by atoms with Crippen molar-refractivity contribution in [3.63, 3.8) is 0 Å². The molecule has 1 fully saturated rings. The number of carbonyl (C=O) groups excluding carboxylic acids is 2. The molecule has 3 rings (SSSR count). The van der Waals surface area contributed by atoms with Crippen LogP contribution in [-0.4, -0.2) is 56.2 Å². The van der Waals surface area contributed by atoms with Crippen LogP contribution in [-0.2, 0) is 25.5 Å². The van der Waals surface area contributed by atoms with Crippen molar-refractivity contribution in [3.05, 3.63) is 33.7 Å². The van der Waals surface area contributed by atoms with Crippen molar-refractivity contribution < 1.29 is 24.2 Å². The number of β-lactam (4-membered cyclic amide) rings is 1. The number of ether oxygens (including phenoxy) is 1. The summed E-state index contributed by atoms with van der Waals surface area (Å²) in [4.78, 5) is 38.8. The van der Waals surface area contributed by atoms with Crippen LogP contribution in [0, 0.1) is 0 Å². The summed E-state index contributed by atoms with van der Waals surface area (Å²) in [5.74, 6) is -1.55. The number of hydrogen-bond donors (Lipinski definition) is 2. The van der Waals surface area contributed by atoms with Gasteiger partial charge >= 0.3 is 5.97 Å². The van der Waals surface area contributed by atoms with Crippen LogP contribution >= 0.6 is 45.7 Å². The number of halogens is 1. The molecule has 2 aliphatic heterocycles. The minimum Gasteiger partial charge on any atom is -0.477 e. The number of aliphatic carboxylic acids is 1. The van der Waals surface area contributed by atoms with Gasteiger partial charge in [-0.05, 0) is 17.0 Å². The van der Waals surface area contributed by atoms with E-state index < -0.39 is 23.0 Å². The van der Waals surface area contributed by atoms with Crippen molar-refractivity contribution in [2.45, 2.75) is 17.5 Å². The summed E-state index contributed by atoms with van der Waals surface area (Å²) in [6, 6.07) is 3.69. The third-order valence-corrected chi connectivity index (χ3v) is 7.21. The number of fused-ring (bicyclic) bond motifs is 1. The molecule has 0 aromatic carbocycles. The van der Waals surface area contributed by atoms with Gasteiger partial charge in [0, 0.05) is 22.2 Å². The SMILES string of the molecule is CO[C@]1(NC(=O)Cc2cccs2)C(=O)N2C(C(=O)O)=C(CI)CS[C@H]21. The zero-order chi connectivity index (χ0) is 18.2. The van der Waals surface area contributed by atoms with Crippen LogP contribution in [0.4, 0.5) is 0 Å². The van der Waals surface area contributed by atoms with Gasteiger partial charge < -0.3 is 15.2 Å². The molecule has 2 amide bonds. The van der Waals surface area contributed by atoms with Crippen LogP contribution in [0.2, 0.25) is 0 Å². The van der Waals surface area contributed by atoms with Gasteiger partial charge in [-0.15, -0.1) is 23.1 Å². The van der Waals surface area contributed by atoms with Crippen molar-refractivity contribution in [1.29, 1.82) is 0 Å². The molecule has 0 aliphatic carbocycles. The lowest BCUT2D eigenvalue weighted by molar-refractivity contribution is -0.192. The molecule has 25 heavy (non-hydrogen) atoms. The van der Waals surface area contributed by atoms with E-state index in [2.05, 4.69) is 27.9 Å². The first kappa shape index (κ1) is 18.7. The number of nitrogens with zero attached hydrogens (tertiary/aromatic N) is 1. The first-order chi connectivity index (χ1) is 11.9. The van der Waals surface area contributed by atoms with Crippen molar-refractivity contribution in [2.75, 3.05) is 17.3 Å². The summed E-state index contributed by atoms with van der Waals surface area (Å²) in [6.07, 6.45) is 0.147. The van der Waals surface area contributed by atoms with Crippen LogP contribution < -0.4 is 5.32 Å². The molecule has 7 nitrogen and oxygen atoms in total. The average molecular weight is 494 g/mol. The fraction of sp³-hybridized carbons (Fsp3) is 0.400. The van der Waals surface area contributed by atoms with E-state index in [1.54, 1.807) is 0 Å². The second kappa shape index (κ2) is 7.25. The molecule has 1 aromatic rings. The Morgan fingerprint density at radius 1 is 1.56 bits per heavy atom. The molecular weight excluding hydrogens is 479 g/mol. The lowest BCUT2D eigenvalue weighted by atomic mass is 9.98. The first-order valence-corrected chi connectivity index (χ1v) is 10.7. The van der Waals surface area contributed by atoms with E-state index in [-0.39, 0.29) is 18.0 Å². The molecule has 10 heteroatoms. The van der Waals surface area contributed by atoms with Gasteiger partial charge in [-0.2, -0.15) is 0 Å². The number of nitrogens with one attached hydrogen (secondary N) is 1. The number of alkyl halides is 1. The number of methoxy groups -OCH3 is 1. The summed E-state index contributed by atoms with van der Waals surface area (Å²) >= 11 is 4.93. The van der Waals surface area contributed by atoms with Crippen LogP contribution in [0.5, 0.6) is 0 Å². The van der Waals surface area contributed by atoms with E-state index in [1.807, 2.05) is 17.5 Å². The molecule has 1 aromatic heterocycles. The molecular formula is C15H15IN2O5S2. The molecule has 0 unspecified atom stereocenters. The van der Waals surface area contributed by atoms with Crippen LogP contribution in [0.3, 0.4) is 0 Å². The Labute approximate surface area is 165 Å². The predicted molar refractivity (Wildman–Crippen MR) is 103 cm³/mol. The summed E-state index contributed by atoms with van der Waals surface area (Å²) in [5.41, 5.74) is -0.822. The Kier molecular flexibility index (Phi) is 5.42. The van der Waals surface area contributed by atoms with E-state index in [1.165, 1.54) is 35.1 Å². The summed E-state index contributed by atoms with van der Waals surface area (Å²) in [7, 11) is 1.35. The second-order valence-corrected chi connectivity index (χ2v) is 8.34. The van der Waals surface area contributed by atoms with Gasteiger partial charge in [0.05, 0.1) is 6.42 Å². The topological polar surface area (TPSA) is 95.9 Å². The lowest BCUT2D eigenvalue weighted by Crippen LogP contribution is -2.80. The largest absolute Gasteiger partial charge is 0.477 e. The third-order valence-electron chi connectivity index (χ3n) is 4.04. The minimum atomic E-state index is -1.52. The first-order valence-electron chi connectivity index (χ1n) is 7.29. The molecule has 0 bridgehead atoms. The zero-order valence-corrected chi connectivity index (χ0v) is 16.9. The molecule has 0 saturated carbocycles. The van der Waals surface area contributed by atoms with Crippen molar-refractivity contribution in [3.8, 4) is 0 Å². The zero-order valence-electron chi connectivity index (χ0n) is 13.2. The predicted octanol–water partition coefficient (Wildman–Crippen LogP) is 1.44. The highest BCUT2D eigenvalue weighted by molar-refractivity contribution is 14.1. The number of thiophene rings is 1. The van der Waals surface area contributed by atoms with Crippen LogP contribution in [0.25, 0.3) is 0 Å². The molecule has 134 valence electrons. The second-order valence-electron chi connectivity index (χ2n) is 5.47. The number of carbonyl (C=O) groups is 3. The smallest absolute Gasteiger partial charge is 0.352 e. The normalized spacial score (nSPS) is 25.4. The molecule has 2 N–H and O–H groups in total. The van der Waals surface area contributed by atoms with Crippen molar-refractivity contribution >= 4 is 63.5 Å². The average Bonchev–Trinajstić information content (AvgIpc) is 3.10. The van der Waals surface area contributed by atoms with Crippen molar-refractivity contribution in [1.82, 2.24) is 10.2 Å². The Balaban J connectivity index is 1.82. The molecule has 1 saturated heterocycles. The molecule has 2 atom stereocenters. The third kappa shape index (κ3) is 3.09. The van der Waals surface area contributed by atoms with Gasteiger partial charge in [-0.3, -0.25) is 14.5 Å². The Morgan fingerprint density at radius 3 is 2.88 bits per heavy atom. The van der Waals surface area contributed by atoms with Crippen molar-refractivity contribution in [2.24, 2.45) is 0 Å². The quantitative estimate of drug-likeness (QED) is 0.269. The van der Waals surface area contributed by atoms with E-state index >= 15 is 0 Å². The van der Waals surface area contributed by atoms with Gasteiger partial charge in [0.15, 0.2) is 0 Å². The number of carboxylic acids is 1. The summed E-state index contributed by atoms with van der Waals surface area (Å²) in [5, 5.41) is 13.4. The standard InChI is InChI=1S/C15H15IN2O5S2/c1-23-15(17-10(19)5-9-3-2-4-24-9)13(22)18-11(12(20)21)8(6-16)7-25-14(15)18/h2-4,14H,5-7H2,1H3,(H,17,19)(H,20,21)/t14-,15+/m0/s1. The highest BCUT2D eigenvalue weighted by Gasteiger charge is 2.66. The van der Waals surface area contributed by atoms with Gasteiger partial charge in [0.1, 0.15) is 11.1 Å². The highest BCUT2D eigenvalue weighted by Crippen LogP contribution is 2.46. The fourth-order valence-corrected chi connectivity index (χ4v) is 6.01. The number of rotatable bonds is 6. The maximum absolute atomic E-state index is 12.7. The Morgan fingerprint density at radius 2 is 2.32 bits per heavy atom. The Bertz CT molecular complexity index is 751. The Hall–Kier alpha value is -1.11. The summed E-state index contributed by atoms with van der Waals surface area (Å²) in [6.45, 7) is 0. The number of amides is 2. The number of thioether (sulfide) groups is 1. The summed E-state index contributed by atoms with van der Waals surface area (Å²) < 4.78 is 5.91. The van der Waals surface area contributed by atoms with E-state index in [0.29, 0.717) is 15.8 Å². The van der Waals surface area contributed by atoms with Gasteiger partial charge in [-0.25, -0.2) is 4.79 Å². The maximum Gasteiger partial charge on any atom is 0.352 e. The van der Waals surface area contributed by atoms with Crippen LogP contribution in [0.15, 0.2) is 28.8 Å². The highest BCUT2D eigenvalue weighted by atomic mass is 127. The maximum atomic E-state index is 12.7.